The third kappa shape index (κ3) is 9.31. The van der Waals surface area contributed by atoms with Gasteiger partial charge in [-0.25, -0.2) is 0 Å². The van der Waals surface area contributed by atoms with Crippen LogP contribution < -0.4 is 5.73 Å². The van der Waals surface area contributed by atoms with Gasteiger partial charge in [-0.2, -0.15) is 0 Å². The van der Waals surface area contributed by atoms with Crippen LogP contribution in [0, 0.1) is 12.8 Å². The largest absolute Gasteiger partial charge is 0.508 e. The molecule has 0 amide bonds. The van der Waals surface area contributed by atoms with Gasteiger partial charge in [-0.1, -0.05) is 89.9 Å². The molecule has 2 atom stereocenters. The zero-order valence-corrected chi connectivity index (χ0v) is 25.1. The Morgan fingerprint density at radius 3 is 1.97 bits per heavy atom. The molecular weight excluding hydrogens is 480 g/mol. The molecule has 210 valence electrons. The highest BCUT2D eigenvalue weighted by Gasteiger charge is 2.18. The van der Waals surface area contributed by atoms with Crippen molar-refractivity contribution in [1.29, 1.82) is 0 Å². The lowest BCUT2D eigenvalue weighted by Crippen LogP contribution is -2.01. The topological polar surface area (TPSA) is 79.1 Å². The molecule has 2 unspecified atom stereocenters. The van der Waals surface area contributed by atoms with Crippen molar-refractivity contribution in [2.45, 2.75) is 86.5 Å². The predicted octanol–water partition coefficient (Wildman–Crippen LogP) is 9.30. The van der Waals surface area contributed by atoms with E-state index >= 15 is 0 Å². The van der Waals surface area contributed by atoms with Crippen LogP contribution in [0.1, 0.15) is 101 Å². The molecule has 0 bridgehead atoms. The van der Waals surface area contributed by atoms with E-state index in [9.17, 15) is 9.90 Å². The molecule has 0 radical (unpaired) electrons. The molecule has 4 rings (SSSR count). The van der Waals surface area contributed by atoms with Crippen molar-refractivity contribution in [1.82, 2.24) is 4.98 Å². The van der Waals surface area contributed by atoms with E-state index in [1.54, 1.807) is 13.0 Å². The summed E-state index contributed by atoms with van der Waals surface area (Å²) in [7, 11) is 0. The van der Waals surface area contributed by atoms with Gasteiger partial charge < -0.3 is 15.8 Å². The van der Waals surface area contributed by atoms with Crippen LogP contribution in [0.3, 0.4) is 0 Å². The van der Waals surface area contributed by atoms with E-state index < -0.39 is 0 Å². The highest BCUT2D eigenvalue weighted by atomic mass is 16.3. The number of anilines is 1. The molecule has 1 heterocycles. The van der Waals surface area contributed by atoms with E-state index in [1.807, 2.05) is 38.1 Å². The first-order valence-corrected chi connectivity index (χ1v) is 14.2. The van der Waals surface area contributed by atoms with Crippen molar-refractivity contribution >= 4 is 22.4 Å². The number of hydrogen-bond donors (Lipinski definition) is 3. The lowest BCUT2D eigenvalue weighted by atomic mass is 9.92. The van der Waals surface area contributed by atoms with E-state index in [2.05, 4.69) is 76.0 Å². The maximum absolute atomic E-state index is 10.1. The molecule has 0 saturated carbocycles. The Hall–Kier alpha value is -3.53. The number of nitrogens with two attached hydrogens (primary N) is 1. The maximum atomic E-state index is 10.1. The Morgan fingerprint density at radius 2 is 1.46 bits per heavy atom. The molecule has 0 aliphatic heterocycles. The fourth-order valence-electron chi connectivity index (χ4n) is 4.23. The highest BCUT2D eigenvalue weighted by molar-refractivity contribution is 5.86. The van der Waals surface area contributed by atoms with E-state index in [0.29, 0.717) is 11.7 Å². The van der Waals surface area contributed by atoms with Gasteiger partial charge >= 0.3 is 0 Å². The number of aromatic nitrogens is 1. The molecule has 4 nitrogen and oxygen atoms in total. The van der Waals surface area contributed by atoms with Gasteiger partial charge in [-0.15, -0.1) is 0 Å². The molecule has 4 aromatic rings. The minimum absolute atomic E-state index is 0.213. The van der Waals surface area contributed by atoms with Crippen molar-refractivity contribution in [3.8, 4) is 5.75 Å². The molecule has 1 aromatic heterocycles. The first-order valence-electron chi connectivity index (χ1n) is 14.2. The predicted molar refractivity (Wildman–Crippen MR) is 168 cm³/mol. The summed E-state index contributed by atoms with van der Waals surface area (Å²) in [5.74, 6) is 1.75. The van der Waals surface area contributed by atoms with Gasteiger partial charge in [0.25, 0.3) is 0 Å². The van der Waals surface area contributed by atoms with Crippen LogP contribution in [-0.2, 0) is 11.2 Å². The Morgan fingerprint density at radius 1 is 0.897 bits per heavy atom. The standard InChI is InChI=1S/C19H22N2O.C11H16.C5H10O/c1-3-4-16-17-11-15(22)9-10-18(17)21-19(16)12(2)13-5-7-14(20)8-6-13;1-4-10(3)11-7-5-9(2)6-8-11;1-4(2)5(3)6/h5-12,21-22H,3-4,20H2,1-2H3;5-8,10H,4H2,1-3H3;4H,1-3H3. The normalized spacial score (nSPS) is 12.2. The summed E-state index contributed by atoms with van der Waals surface area (Å²) in [6.07, 6.45) is 3.30. The number of nitrogen functional groups attached to an aromatic ring is 1. The molecule has 3 aromatic carbocycles. The number of carbonyl (C=O) groups excluding carboxylic acids is 1. The van der Waals surface area contributed by atoms with Crippen LogP contribution in [0.25, 0.3) is 10.9 Å². The van der Waals surface area contributed by atoms with Crippen LogP contribution in [0.15, 0.2) is 66.7 Å². The SMILES string of the molecule is CC(=O)C(C)C.CCC(C)c1ccc(C)cc1.CCCc1c(C(C)c2ccc(N)cc2)[nH]c2ccc(O)cc12. The maximum Gasteiger partial charge on any atom is 0.132 e. The molecule has 39 heavy (non-hydrogen) atoms. The number of aromatic amines is 1. The average molecular weight is 529 g/mol. The van der Waals surface area contributed by atoms with Crippen LogP contribution in [0.2, 0.25) is 0 Å². The van der Waals surface area contributed by atoms with Gasteiger partial charge in [0.05, 0.1) is 0 Å². The smallest absolute Gasteiger partial charge is 0.132 e. The van der Waals surface area contributed by atoms with Crippen molar-refractivity contribution < 1.29 is 9.90 Å². The Kier molecular flexibility index (Phi) is 12.3. The second-order valence-electron chi connectivity index (χ2n) is 10.9. The first-order chi connectivity index (χ1) is 18.5. The number of Topliss-reactive ketones (excluding diaryl/α,β-unsaturated/α-hetero) is 1. The molecule has 4 N–H and O–H groups in total. The third-order valence-electron chi connectivity index (χ3n) is 7.36. The summed E-state index contributed by atoms with van der Waals surface area (Å²) in [6, 6.07) is 22.4. The first kappa shape index (κ1) is 31.7. The highest BCUT2D eigenvalue weighted by Crippen LogP contribution is 2.34. The van der Waals surface area contributed by atoms with Gasteiger partial charge in [0.2, 0.25) is 0 Å². The lowest BCUT2D eigenvalue weighted by Gasteiger charge is -2.13. The zero-order valence-electron chi connectivity index (χ0n) is 25.1. The number of carbonyl (C=O) groups is 1. The van der Waals surface area contributed by atoms with Crippen LogP contribution >= 0.6 is 0 Å². The average Bonchev–Trinajstić information content (AvgIpc) is 3.27. The second kappa shape index (κ2) is 15.2. The Labute approximate surface area is 235 Å². The summed E-state index contributed by atoms with van der Waals surface area (Å²) in [4.78, 5) is 13.7. The summed E-state index contributed by atoms with van der Waals surface area (Å²) in [5.41, 5.74) is 14.2. The van der Waals surface area contributed by atoms with Crippen molar-refractivity contribution in [2.75, 3.05) is 5.73 Å². The van der Waals surface area contributed by atoms with Gasteiger partial charge in [0.15, 0.2) is 0 Å². The lowest BCUT2D eigenvalue weighted by molar-refractivity contribution is -0.119. The molecule has 0 aliphatic rings. The van der Waals surface area contributed by atoms with E-state index in [4.69, 9.17) is 5.73 Å². The number of aryl methyl sites for hydroxylation is 2. The monoisotopic (exact) mass is 528 g/mol. The number of H-pyrrole nitrogens is 1. The quantitative estimate of drug-likeness (QED) is 0.209. The molecule has 4 heteroatoms. The van der Waals surface area contributed by atoms with Gasteiger partial charge in [-0.05, 0) is 79.6 Å². The number of benzene rings is 3. The number of phenols is 1. The molecular formula is C35H48N2O2. The van der Waals surface area contributed by atoms with Gasteiger partial charge in [-0.3, -0.25) is 4.79 Å². The number of rotatable bonds is 7. The summed E-state index contributed by atoms with van der Waals surface area (Å²) in [6.45, 7) is 16.4. The zero-order chi connectivity index (χ0) is 29.1. The number of ketones is 1. The fourth-order valence-corrected chi connectivity index (χ4v) is 4.23. The van der Waals surface area contributed by atoms with Crippen LogP contribution in [0.5, 0.6) is 5.75 Å². The van der Waals surface area contributed by atoms with Gasteiger partial charge in [0.1, 0.15) is 11.5 Å². The number of fused-ring (bicyclic) bond motifs is 1. The minimum atomic E-state index is 0.213. The fraction of sp³-hybridized carbons (Fsp3) is 0.400. The van der Waals surface area contributed by atoms with Crippen molar-refractivity contribution in [3.63, 3.8) is 0 Å². The van der Waals surface area contributed by atoms with Gasteiger partial charge in [0, 0.05) is 34.1 Å². The van der Waals surface area contributed by atoms with E-state index in [0.717, 1.165) is 29.4 Å². The summed E-state index contributed by atoms with van der Waals surface area (Å²) in [5, 5.41) is 10.9. The molecule has 0 fully saturated rings. The van der Waals surface area contributed by atoms with E-state index in [1.165, 1.54) is 34.4 Å². The molecule has 0 aliphatic carbocycles. The third-order valence-corrected chi connectivity index (χ3v) is 7.36. The second-order valence-corrected chi connectivity index (χ2v) is 10.9. The minimum Gasteiger partial charge on any atom is -0.508 e. The molecule has 0 spiro atoms. The Bertz CT molecular complexity index is 1300. The number of phenolic OH excluding ortho intramolecular Hbond substituents is 1. The number of aromatic hydroxyl groups is 1. The number of hydrogen-bond acceptors (Lipinski definition) is 3. The number of nitrogens with one attached hydrogen (secondary N) is 1. The molecule has 0 saturated heterocycles. The van der Waals surface area contributed by atoms with Crippen molar-refractivity contribution in [2.24, 2.45) is 5.92 Å². The van der Waals surface area contributed by atoms with Crippen molar-refractivity contribution in [3.05, 3.63) is 94.7 Å². The van der Waals surface area contributed by atoms with E-state index in [-0.39, 0.29) is 17.6 Å². The summed E-state index contributed by atoms with van der Waals surface area (Å²) >= 11 is 0. The van der Waals surface area contributed by atoms with Crippen LogP contribution in [0.4, 0.5) is 5.69 Å². The summed E-state index contributed by atoms with van der Waals surface area (Å²) < 4.78 is 0. The Balaban J connectivity index is 0.000000261. The van der Waals surface area contributed by atoms with Crippen LogP contribution in [-0.4, -0.2) is 15.9 Å².